The molecule has 0 atom stereocenters. The number of anilines is 1. The molecule has 0 spiro atoms. The van der Waals surface area contributed by atoms with E-state index >= 15 is 0 Å². The molecule has 0 aliphatic rings. The van der Waals surface area contributed by atoms with Crippen LogP contribution in [0.2, 0.25) is 0 Å². The first kappa shape index (κ1) is 10.7. The minimum Gasteiger partial charge on any atom is -0.294 e. The molecule has 78 valence electrons. The summed E-state index contributed by atoms with van der Waals surface area (Å²) in [6, 6.07) is 0. The molecular weight excluding hydrogens is 180 g/mol. The number of nitrogens with two attached hydrogens (primary N) is 1. The summed E-state index contributed by atoms with van der Waals surface area (Å²) in [4.78, 5) is 18.2. The number of nitrogens with one attached hydrogen (secondary N) is 2. The average molecular weight is 196 g/mol. The summed E-state index contributed by atoms with van der Waals surface area (Å²) < 4.78 is 0. The molecule has 0 unspecified atom stereocenters. The minimum atomic E-state index is -0.112. The van der Waals surface area contributed by atoms with Gasteiger partial charge < -0.3 is 0 Å². The van der Waals surface area contributed by atoms with Crippen LogP contribution in [-0.4, -0.2) is 9.97 Å². The van der Waals surface area contributed by atoms with Gasteiger partial charge in [-0.3, -0.25) is 15.2 Å². The van der Waals surface area contributed by atoms with Crippen molar-refractivity contribution in [2.24, 2.45) is 11.8 Å². The van der Waals surface area contributed by atoms with Crippen LogP contribution < -0.4 is 16.8 Å². The molecule has 0 saturated carbocycles. The van der Waals surface area contributed by atoms with E-state index in [1.165, 1.54) is 0 Å². The van der Waals surface area contributed by atoms with E-state index in [0.717, 1.165) is 17.7 Å². The molecule has 14 heavy (non-hydrogen) atoms. The number of nitrogens with zero attached hydrogens (tertiary/aromatic N) is 1. The van der Waals surface area contributed by atoms with Gasteiger partial charge in [0.25, 0.3) is 5.56 Å². The van der Waals surface area contributed by atoms with Crippen LogP contribution in [0.5, 0.6) is 0 Å². The summed E-state index contributed by atoms with van der Waals surface area (Å²) in [5, 5.41) is 0. The van der Waals surface area contributed by atoms with Gasteiger partial charge in [0.05, 0.1) is 0 Å². The molecule has 0 bridgehead atoms. The first-order valence-corrected chi connectivity index (χ1v) is 4.61. The fraction of sp³-hybridized carbons (Fsp3) is 0.556. The van der Waals surface area contributed by atoms with Gasteiger partial charge in [-0.15, -0.1) is 0 Å². The van der Waals surface area contributed by atoms with Crippen LogP contribution in [0.4, 0.5) is 5.95 Å². The van der Waals surface area contributed by atoms with Gasteiger partial charge in [0, 0.05) is 11.3 Å². The van der Waals surface area contributed by atoms with Crippen molar-refractivity contribution in [3.05, 3.63) is 21.6 Å². The lowest BCUT2D eigenvalue weighted by Crippen LogP contribution is -2.22. The van der Waals surface area contributed by atoms with Crippen LogP contribution in [0.1, 0.15) is 25.1 Å². The number of aromatic amines is 1. The Hall–Kier alpha value is -1.36. The van der Waals surface area contributed by atoms with Gasteiger partial charge >= 0.3 is 0 Å². The molecule has 0 amide bonds. The van der Waals surface area contributed by atoms with Crippen molar-refractivity contribution in [2.75, 3.05) is 5.43 Å². The predicted octanol–water partition coefficient (Wildman–Crippen LogP) is 0.562. The topological polar surface area (TPSA) is 83.8 Å². The molecule has 0 aliphatic heterocycles. The van der Waals surface area contributed by atoms with Crippen LogP contribution in [0.25, 0.3) is 0 Å². The van der Waals surface area contributed by atoms with Gasteiger partial charge in [-0.1, -0.05) is 13.8 Å². The summed E-state index contributed by atoms with van der Waals surface area (Å²) in [6.07, 6.45) is 0.735. The summed E-state index contributed by atoms with van der Waals surface area (Å²) in [5.74, 6) is 5.90. The second-order valence-corrected chi connectivity index (χ2v) is 3.72. The average Bonchev–Trinajstić information content (AvgIpc) is 2.10. The quantitative estimate of drug-likeness (QED) is 0.487. The third-order valence-corrected chi connectivity index (χ3v) is 1.97. The molecule has 1 heterocycles. The van der Waals surface area contributed by atoms with Gasteiger partial charge in [0.2, 0.25) is 5.95 Å². The second kappa shape index (κ2) is 4.23. The molecule has 5 nitrogen and oxygen atoms in total. The number of H-pyrrole nitrogens is 1. The number of hydrazine groups is 1. The molecule has 0 aliphatic carbocycles. The number of rotatable bonds is 3. The Labute approximate surface area is 82.7 Å². The Morgan fingerprint density at radius 2 is 2.21 bits per heavy atom. The zero-order valence-electron chi connectivity index (χ0n) is 8.72. The first-order valence-electron chi connectivity index (χ1n) is 4.61. The lowest BCUT2D eigenvalue weighted by molar-refractivity contribution is 0.636. The zero-order chi connectivity index (χ0) is 10.7. The van der Waals surface area contributed by atoms with Gasteiger partial charge in [-0.2, -0.15) is 0 Å². The molecule has 1 aromatic heterocycles. The maximum atomic E-state index is 11.6. The van der Waals surface area contributed by atoms with Crippen molar-refractivity contribution < 1.29 is 0 Å². The third kappa shape index (κ3) is 2.32. The van der Waals surface area contributed by atoms with Crippen molar-refractivity contribution in [3.8, 4) is 0 Å². The van der Waals surface area contributed by atoms with E-state index < -0.39 is 0 Å². The maximum absolute atomic E-state index is 11.6. The Bertz CT molecular complexity index is 370. The van der Waals surface area contributed by atoms with E-state index in [2.05, 4.69) is 29.2 Å². The normalized spacial score (nSPS) is 10.6. The molecule has 5 heteroatoms. The summed E-state index contributed by atoms with van der Waals surface area (Å²) >= 11 is 0. The van der Waals surface area contributed by atoms with E-state index in [-0.39, 0.29) is 5.56 Å². The van der Waals surface area contributed by atoms with Crippen molar-refractivity contribution in [2.45, 2.75) is 27.2 Å². The highest BCUT2D eigenvalue weighted by Crippen LogP contribution is 2.07. The lowest BCUT2D eigenvalue weighted by atomic mass is 10.0. The lowest BCUT2D eigenvalue weighted by Gasteiger charge is -2.08. The molecule has 0 aromatic carbocycles. The number of aryl methyl sites for hydroxylation is 1. The van der Waals surface area contributed by atoms with Crippen molar-refractivity contribution in [1.82, 2.24) is 9.97 Å². The maximum Gasteiger partial charge on any atom is 0.255 e. The summed E-state index contributed by atoms with van der Waals surface area (Å²) in [7, 11) is 0. The summed E-state index contributed by atoms with van der Waals surface area (Å²) in [6.45, 7) is 5.94. The van der Waals surface area contributed by atoms with Crippen LogP contribution in [0, 0.1) is 12.8 Å². The van der Waals surface area contributed by atoms with Crippen LogP contribution >= 0.6 is 0 Å². The van der Waals surface area contributed by atoms with Gasteiger partial charge in [-0.25, -0.2) is 10.8 Å². The minimum absolute atomic E-state index is 0.112. The molecular formula is C9H16N4O. The monoisotopic (exact) mass is 196 g/mol. The van der Waals surface area contributed by atoms with Crippen LogP contribution in [0.3, 0.4) is 0 Å². The molecule has 0 saturated heterocycles. The Balaban J connectivity index is 3.12. The van der Waals surface area contributed by atoms with Gasteiger partial charge in [0.1, 0.15) is 0 Å². The van der Waals surface area contributed by atoms with E-state index in [0.29, 0.717) is 11.9 Å². The van der Waals surface area contributed by atoms with E-state index in [1.54, 1.807) is 0 Å². The number of nitrogen functional groups attached to an aromatic ring is 1. The largest absolute Gasteiger partial charge is 0.294 e. The van der Waals surface area contributed by atoms with E-state index in [1.807, 2.05) is 6.92 Å². The molecule has 0 fully saturated rings. The van der Waals surface area contributed by atoms with Crippen molar-refractivity contribution in [1.29, 1.82) is 0 Å². The second-order valence-electron chi connectivity index (χ2n) is 3.72. The Morgan fingerprint density at radius 1 is 1.57 bits per heavy atom. The number of aromatic nitrogens is 2. The van der Waals surface area contributed by atoms with E-state index in [9.17, 15) is 4.79 Å². The third-order valence-electron chi connectivity index (χ3n) is 1.97. The van der Waals surface area contributed by atoms with Crippen molar-refractivity contribution >= 4 is 5.95 Å². The van der Waals surface area contributed by atoms with Gasteiger partial charge in [-0.05, 0) is 19.3 Å². The number of hydrogen-bond acceptors (Lipinski definition) is 4. The smallest absolute Gasteiger partial charge is 0.255 e. The molecule has 1 rings (SSSR count). The molecule has 4 N–H and O–H groups in total. The standard InChI is InChI=1S/C9H16N4O/c1-5(2)4-7-6(3)11-9(13-10)12-8(7)14/h5H,4,10H2,1-3H3,(H2,11,12,13,14). The fourth-order valence-corrected chi connectivity index (χ4v) is 1.33. The Kier molecular flexibility index (Phi) is 3.24. The highest BCUT2D eigenvalue weighted by atomic mass is 16.1. The highest BCUT2D eigenvalue weighted by Gasteiger charge is 2.08. The van der Waals surface area contributed by atoms with E-state index in [4.69, 9.17) is 5.84 Å². The Morgan fingerprint density at radius 3 is 2.64 bits per heavy atom. The highest BCUT2D eigenvalue weighted by molar-refractivity contribution is 5.27. The molecule has 0 radical (unpaired) electrons. The van der Waals surface area contributed by atoms with Gasteiger partial charge in [0.15, 0.2) is 0 Å². The zero-order valence-corrected chi connectivity index (χ0v) is 8.72. The number of hydrogen-bond donors (Lipinski definition) is 3. The van der Waals surface area contributed by atoms with Crippen molar-refractivity contribution in [3.63, 3.8) is 0 Å². The first-order chi connectivity index (χ1) is 6.54. The van der Waals surface area contributed by atoms with Crippen LogP contribution in [-0.2, 0) is 6.42 Å². The van der Waals surface area contributed by atoms with Crippen LogP contribution in [0.15, 0.2) is 4.79 Å². The summed E-state index contributed by atoms with van der Waals surface area (Å²) in [5.41, 5.74) is 3.68. The molecule has 1 aromatic rings. The fourth-order valence-electron chi connectivity index (χ4n) is 1.33. The SMILES string of the molecule is Cc1nc(NN)[nH]c(=O)c1CC(C)C. The predicted molar refractivity (Wildman–Crippen MR) is 55.9 cm³/mol.